The van der Waals surface area contributed by atoms with Crippen molar-refractivity contribution < 1.29 is 13.7 Å². The van der Waals surface area contributed by atoms with Gasteiger partial charge in [0.05, 0.1) is 22.4 Å². The minimum atomic E-state index is -3.44. The number of fused-ring (bicyclic) bond motifs is 8. The van der Waals surface area contributed by atoms with E-state index in [0.29, 0.717) is 10.6 Å². The molecular weight excluding hydrogens is 659 g/mol. The van der Waals surface area contributed by atoms with Crippen molar-refractivity contribution in [2.45, 2.75) is 0 Å². The van der Waals surface area contributed by atoms with Crippen molar-refractivity contribution in [1.29, 1.82) is 0 Å². The summed E-state index contributed by atoms with van der Waals surface area (Å²) in [5, 5.41) is 6.59. The topological polar surface area (TPSA) is 54.5 Å². The van der Waals surface area contributed by atoms with Gasteiger partial charge in [0, 0.05) is 42.4 Å². The Morgan fingerprint density at radius 2 is 0.939 bits per heavy atom. The summed E-state index contributed by atoms with van der Waals surface area (Å²) in [6.45, 7) is 0. The van der Waals surface area contributed by atoms with Crippen LogP contribution in [0.1, 0.15) is 0 Å². The van der Waals surface area contributed by atoms with Crippen molar-refractivity contribution in [2.24, 2.45) is 0 Å². The number of benzene rings is 7. The van der Waals surface area contributed by atoms with Gasteiger partial charge in [0.1, 0.15) is 0 Å². The first-order chi connectivity index (χ1) is 24.0. The summed E-state index contributed by atoms with van der Waals surface area (Å²) in [7, 11) is -10.1. The molecule has 3 heterocycles. The van der Waals surface area contributed by atoms with Crippen LogP contribution in [0, 0.1) is 0 Å². The molecule has 0 aromatic heterocycles. The van der Waals surface area contributed by atoms with Crippen LogP contribution in [0.2, 0.25) is 0 Å². The number of rotatable bonds is 4. The number of para-hydroxylation sites is 2. The summed E-state index contributed by atoms with van der Waals surface area (Å²) >= 11 is 0. The molecule has 7 aromatic carbocycles. The maximum absolute atomic E-state index is 16.1. The van der Waals surface area contributed by atoms with E-state index in [-0.39, 0.29) is 0 Å². The molecule has 0 fully saturated rings. The highest BCUT2D eigenvalue weighted by Gasteiger charge is 2.53. The Kier molecular flexibility index (Phi) is 6.08. The zero-order chi connectivity index (χ0) is 33.0. The molecule has 7 aromatic rings. The molecule has 0 aliphatic carbocycles. The van der Waals surface area contributed by atoms with Crippen molar-refractivity contribution in [2.75, 3.05) is 4.90 Å². The Labute approximate surface area is 284 Å². The van der Waals surface area contributed by atoms with Gasteiger partial charge in [-0.05, 0) is 53.6 Å². The summed E-state index contributed by atoms with van der Waals surface area (Å²) in [5.41, 5.74) is 4.07. The third kappa shape index (κ3) is 3.64. The fourth-order valence-corrected chi connectivity index (χ4v) is 17.3. The third-order valence-electron chi connectivity index (χ3n) is 10.3. The van der Waals surface area contributed by atoms with Gasteiger partial charge in [-0.3, -0.25) is 0 Å². The number of nitrogens with zero attached hydrogens (tertiary/aromatic N) is 1. The summed E-state index contributed by atoms with van der Waals surface area (Å²) in [6, 6.07) is 54.6. The first kappa shape index (κ1) is 29.0. The monoisotopic (exact) mass is 687 g/mol. The molecule has 0 saturated heterocycles. The predicted molar refractivity (Wildman–Crippen MR) is 205 cm³/mol. The van der Waals surface area contributed by atoms with E-state index in [2.05, 4.69) is 4.90 Å². The van der Waals surface area contributed by atoms with Gasteiger partial charge in [0.2, 0.25) is 0 Å². The molecule has 0 amide bonds. The Bertz CT molecular complexity index is 2610. The molecule has 0 radical (unpaired) electrons. The van der Waals surface area contributed by atoms with Gasteiger partial charge in [0.25, 0.3) is 0 Å². The molecule has 0 saturated carbocycles. The number of hydrogen-bond donors (Lipinski definition) is 0. The number of anilines is 3. The van der Waals surface area contributed by atoms with E-state index in [4.69, 9.17) is 0 Å². The molecule has 7 heteroatoms. The highest BCUT2D eigenvalue weighted by Crippen LogP contribution is 2.64. The van der Waals surface area contributed by atoms with E-state index in [0.717, 1.165) is 65.3 Å². The maximum atomic E-state index is 16.1. The van der Waals surface area contributed by atoms with E-state index in [9.17, 15) is 0 Å². The Hall–Kier alpha value is -4.97. The van der Waals surface area contributed by atoms with E-state index >= 15 is 13.7 Å². The lowest BCUT2D eigenvalue weighted by atomic mass is 10.0. The minimum Gasteiger partial charge on any atom is -0.309 e. The van der Waals surface area contributed by atoms with E-state index in [1.807, 2.05) is 170 Å². The van der Waals surface area contributed by atoms with E-state index in [1.165, 1.54) is 0 Å². The summed E-state index contributed by atoms with van der Waals surface area (Å²) in [4.78, 5) is 2.18. The molecule has 49 heavy (non-hydrogen) atoms. The molecule has 10 rings (SSSR count). The molecular formula is C42H28NO3P3. The zero-order valence-corrected chi connectivity index (χ0v) is 28.9. The number of hydrogen-bond acceptors (Lipinski definition) is 4. The molecule has 2 unspecified atom stereocenters. The Balaban J connectivity index is 1.31. The van der Waals surface area contributed by atoms with Gasteiger partial charge in [-0.1, -0.05) is 127 Å². The molecule has 3 aliphatic heterocycles. The maximum Gasteiger partial charge on any atom is 0.176 e. The minimum absolute atomic E-state index is 0.686. The second-order valence-electron chi connectivity index (χ2n) is 12.7. The fraction of sp³-hybridized carbons (Fsp3) is 0. The smallest absolute Gasteiger partial charge is 0.176 e. The van der Waals surface area contributed by atoms with Crippen molar-refractivity contribution in [3.05, 3.63) is 170 Å². The molecule has 234 valence electrons. The van der Waals surface area contributed by atoms with Crippen LogP contribution < -0.4 is 52.6 Å². The lowest BCUT2D eigenvalue weighted by Gasteiger charge is -2.43. The van der Waals surface area contributed by atoms with Gasteiger partial charge in [-0.2, -0.15) is 0 Å². The average molecular weight is 688 g/mol. The van der Waals surface area contributed by atoms with Crippen molar-refractivity contribution in [3.63, 3.8) is 0 Å². The van der Waals surface area contributed by atoms with Crippen molar-refractivity contribution in [1.82, 2.24) is 0 Å². The normalized spacial score (nSPS) is 19.4. The van der Waals surface area contributed by atoms with Crippen molar-refractivity contribution in [3.8, 4) is 11.1 Å². The predicted octanol–water partition coefficient (Wildman–Crippen LogP) is 6.68. The van der Waals surface area contributed by atoms with Crippen LogP contribution in [0.5, 0.6) is 0 Å². The van der Waals surface area contributed by atoms with Gasteiger partial charge in [0.15, 0.2) is 21.4 Å². The first-order valence-electron chi connectivity index (χ1n) is 16.3. The van der Waals surface area contributed by atoms with E-state index in [1.54, 1.807) is 0 Å². The van der Waals surface area contributed by atoms with Gasteiger partial charge < -0.3 is 18.6 Å². The first-order valence-corrected chi connectivity index (χ1v) is 21.4. The van der Waals surface area contributed by atoms with Crippen LogP contribution in [0.3, 0.4) is 0 Å². The summed E-state index contributed by atoms with van der Waals surface area (Å²) in [6.07, 6.45) is 0. The van der Waals surface area contributed by atoms with Crippen LogP contribution in [0.4, 0.5) is 17.1 Å². The van der Waals surface area contributed by atoms with Crippen molar-refractivity contribution >= 4 is 86.2 Å². The molecule has 2 atom stereocenters. The van der Waals surface area contributed by atoms with Crippen LogP contribution >= 0.6 is 21.4 Å². The standard InChI is InChI=1S/C42H28NO3P3/c44-47(29-14-4-1-5-15-29,30-16-6-2-7-17-30)32-24-26-37-34(28-32)33-25-27-40-41-42(33)49(37,46)39-23-13-11-21-36(39)43(41)35-20-10-12-22-38(35)48(40,45)31-18-8-3-9-19-31/h1-28H. The van der Waals surface area contributed by atoms with Crippen LogP contribution in [0.25, 0.3) is 11.1 Å². The second kappa shape index (κ2) is 10.3. The van der Waals surface area contributed by atoms with Gasteiger partial charge >= 0.3 is 0 Å². The highest BCUT2D eigenvalue weighted by atomic mass is 31.2. The molecule has 3 aliphatic rings. The molecule has 0 N–H and O–H groups in total. The largest absolute Gasteiger partial charge is 0.309 e. The van der Waals surface area contributed by atoms with Crippen LogP contribution in [-0.2, 0) is 13.7 Å². The molecule has 0 bridgehead atoms. The molecule has 4 nitrogen and oxygen atoms in total. The van der Waals surface area contributed by atoms with Crippen LogP contribution in [-0.4, -0.2) is 0 Å². The van der Waals surface area contributed by atoms with E-state index < -0.39 is 21.4 Å². The van der Waals surface area contributed by atoms with Gasteiger partial charge in [-0.25, -0.2) is 0 Å². The molecule has 0 spiro atoms. The lowest BCUT2D eigenvalue weighted by Crippen LogP contribution is -2.44. The zero-order valence-electron chi connectivity index (χ0n) is 26.2. The Morgan fingerprint density at radius 3 is 1.55 bits per heavy atom. The summed E-state index contributed by atoms with van der Waals surface area (Å²) in [5.74, 6) is 0. The lowest BCUT2D eigenvalue weighted by molar-refractivity contribution is 0.591. The van der Waals surface area contributed by atoms with Gasteiger partial charge in [-0.15, -0.1) is 0 Å². The second-order valence-corrected chi connectivity index (χ2v) is 20.8. The quantitative estimate of drug-likeness (QED) is 0.194. The Morgan fingerprint density at radius 1 is 0.429 bits per heavy atom. The SMILES string of the molecule is O=P(c1ccccc1)(c1ccccc1)c1ccc2c(c1)-c1ccc3c4c1P2(=O)c1ccccc1N4c1ccccc1P3(=O)c1ccccc1. The van der Waals surface area contributed by atoms with Crippen LogP contribution in [0.15, 0.2) is 170 Å². The highest BCUT2D eigenvalue weighted by molar-refractivity contribution is 7.89. The average Bonchev–Trinajstić information content (AvgIpc) is 3.44. The summed E-state index contributed by atoms with van der Waals surface area (Å²) < 4.78 is 47.4. The third-order valence-corrected chi connectivity index (χ3v) is 19.6. The fourth-order valence-electron chi connectivity index (χ4n) is 8.14.